The zero-order valence-corrected chi connectivity index (χ0v) is 13.4. The van der Waals surface area contributed by atoms with E-state index >= 15 is 0 Å². The number of carbonyl (C=O) groups is 1. The molecular formula is C15H13N3O2S2. The number of likely N-dealkylation sites (N-methyl/N-ethyl adjacent to an activating group) is 1. The highest BCUT2D eigenvalue weighted by atomic mass is 32.1. The van der Waals surface area contributed by atoms with Crippen molar-refractivity contribution in [2.24, 2.45) is 0 Å². The van der Waals surface area contributed by atoms with Gasteiger partial charge >= 0.3 is 0 Å². The van der Waals surface area contributed by atoms with Crippen molar-refractivity contribution in [3.63, 3.8) is 0 Å². The second-order valence-electron chi connectivity index (χ2n) is 4.46. The van der Waals surface area contributed by atoms with E-state index in [2.05, 4.69) is 10.2 Å². The van der Waals surface area contributed by atoms with Crippen LogP contribution in [0.25, 0.3) is 10.6 Å². The van der Waals surface area contributed by atoms with E-state index in [1.54, 1.807) is 23.3 Å². The zero-order valence-electron chi connectivity index (χ0n) is 11.8. The first-order valence-electron chi connectivity index (χ1n) is 6.54. The minimum absolute atomic E-state index is 0.0658. The van der Waals surface area contributed by atoms with Crippen molar-refractivity contribution < 1.29 is 9.53 Å². The molecule has 2 aromatic heterocycles. The van der Waals surface area contributed by atoms with Gasteiger partial charge in [0.15, 0.2) is 11.6 Å². The smallest absolute Gasteiger partial charge is 0.294 e. The minimum Gasteiger partial charge on any atom is -0.459 e. The summed E-state index contributed by atoms with van der Waals surface area (Å²) in [6.07, 6.45) is 0. The number of thiophene rings is 1. The monoisotopic (exact) mass is 331 g/mol. The number of hydrogen-bond acceptors (Lipinski definition) is 6. The van der Waals surface area contributed by atoms with Crippen molar-refractivity contribution in [3.05, 3.63) is 47.2 Å². The van der Waals surface area contributed by atoms with Gasteiger partial charge in [-0.2, -0.15) is 11.3 Å². The summed E-state index contributed by atoms with van der Waals surface area (Å²) in [7, 11) is 1.72. The molecule has 0 aliphatic heterocycles. The molecule has 0 N–H and O–H groups in total. The largest absolute Gasteiger partial charge is 0.459 e. The minimum atomic E-state index is -0.140. The third-order valence-electron chi connectivity index (χ3n) is 3.01. The normalized spacial score (nSPS) is 10.4. The van der Waals surface area contributed by atoms with Crippen LogP contribution in [0, 0.1) is 0 Å². The molecule has 0 saturated heterocycles. The lowest BCUT2D eigenvalue weighted by Crippen LogP contribution is -2.31. The lowest BCUT2D eigenvalue weighted by Gasteiger charge is -2.16. The highest BCUT2D eigenvalue weighted by molar-refractivity contribution is 7.16. The third-order valence-corrected chi connectivity index (χ3v) is 4.58. The quantitative estimate of drug-likeness (QED) is 0.720. The zero-order chi connectivity index (χ0) is 15.4. The molecule has 0 saturated carbocycles. The van der Waals surface area contributed by atoms with Gasteiger partial charge in [-0.05, 0) is 23.6 Å². The Bertz CT molecular complexity index is 741. The van der Waals surface area contributed by atoms with Gasteiger partial charge in [0, 0.05) is 23.7 Å². The van der Waals surface area contributed by atoms with Crippen molar-refractivity contribution in [3.8, 4) is 15.8 Å². The van der Waals surface area contributed by atoms with E-state index in [0.29, 0.717) is 5.19 Å². The van der Waals surface area contributed by atoms with Gasteiger partial charge in [-0.15, -0.1) is 5.10 Å². The van der Waals surface area contributed by atoms with Gasteiger partial charge in [0.1, 0.15) is 0 Å². The number of amides is 1. The summed E-state index contributed by atoms with van der Waals surface area (Å²) in [4.78, 5) is 13.7. The molecule has 0 atom stereocenters. The first kappa shape index (κ1) is 14.7. The van der Waals surface area contributed by atoms with Crippen LogP contribution in [-0.2, 0) is 4.79 Å². The standard InChI is InChI=1S/C15H13N3O2S2/c1-18(12-5-3-2-4-6-12)13(19)9-20-15-17-16-14(22-15)11-7-8-21-10-11/h2-8,10H,9H2,1H3. The van der Waals surface area contributed by atoms with E-state index in [0.717, 1.165) is 16.3 Å². The van der Waals surface area contributed by atoms with Crippen molar-refractivity contribution in [2.75, 3.05) is 18.6 Å². The number of benzene rings is 1. The van der Waals surface area contributed by atoms with Crippen LogP contribution >= 0.6 is 22.7 Å². The molecule has 0 aliphatic carbocycles. The molecular weight excluding hydrogens is 318 g/mol. The van der Waals surface area contributed by atoms with Crippen LogP contribution in [0.1, 0.15) is 0 Å². The van der Waals surface area contributed by atoms with Crippen LogP contribution in [-0.4, -0.2) is 29.8 Å². The van der Waals surface area contributed by atoms with Crippen LogP contribution in [0.5, 0.6) is 5.19 Å². The van der Waals surface area contributed by atoms with Gasteiger partial charge in [0.05, 0.1) is 0 Å². The second kappa shape index (κ2) is 6.67. The Morgan fingerprint density at radius 1 is 1.23 bits per heavy atom. The first-order valence-corrected chi connectivity index (χ1v) is 8.30. The number of hydrogen-bond donors (Lipinski definition) is 0. The maximum absolute atomic E-state index is 12.1. The van der Waals surface area contributed by atoms with Crippen molar-refractivity contribution in [2.45, 2.75) is 0 Å². The summed E-state index contributed by atoms with van der Waals surface area (Å²) in [6, 6.07) is 11.4. The topological polar surface area (TPSA) is 55.3 Å². The molecule has 0 bridgehead atoms. The molecule has 22 heavy (non-hydrogen) atoms. The maximum atomic E-state index is 12.1. The van der Waals surface area contributed by atoms with Crippen LogP contribution in [0.4, 0.5) is 5.69 Å². The number of ether oxygens (including phenoxy) is 1. The number of carbonyl (C=O) groups excluding carboxylic acids is 1. The van der Waals surface area contributed by atoms with Gasteiger partial charge in [-0.3, -0.25) is 4.79 Å². The van der Waals surface area contributed by atoms with E-state index < -0.39 is 0 Å². The number of nitrogens with zero attached hydrogens (tertiary/aromatic N) is 3. The number of rotatable bonds is 5. The summed E-state index contributed by atoms with van der Waals surface area (Å²) in [5, 5.41) is 13.2. The molecule has 1 amide bonds. The molecule has 0 aliphatic rings. The van der Waals surface area contributed by atoms with Crippen LogP contribution in [0.15, 0.2) is 47.2 Å². The fourth-order valence-corrected chi connectivity index (χ4v) is 3.19. The molecule has 1 aromatic carbocycles. The fraction of sp³-hybridized carbons (Fsp3) is 0.133. The number of aromatic nitrogens is 2. The Labute approximate surface area is 135 Å². The van der Waals surface area contributed by atoms with E-state index in [4.69, 9.17) is 4.74 Å². The fourth-order valence-electron chi connectivity index (χ4n) is 1.79. The molecule has 0 radical (unpaired) electrons. The predicted molar refractivity (Wildman–Crippen MR) is 88.6 cm³/mol. The van der Waals surface area contributed by atoms with Gasteiger partial charge < -0.3 is 9.64 Å². The Balaban J connectivity index is 1.59. The molecule has 2 heterocycles. The Hall–Kier alpha value is -2.25. The molecule has 0 unspecified atom stereocenters. The van der Waals surface area contributed by atoms with Gasteiger partial charge in [-0.25, -0.2) is 0 Å². The molecule has 112 valence electrons. The Morgan fingerprint density at radius 3 is 2.77 bits per heavy atom. The lowest BCUT2D eigenvalue weighted by molar-refractivity contribution is -0.120. The van der Waals surface area contributed by atoms with Crippen molar-refractivity contribution >= 4 is 34.3 Å². The molecule has 0 spiro atoms. The first-order chi connectivity index (χ1) is 10.7. The average Bonchev–Trinajstić information content (AvgIpc) is 3.23. The van der Waals surface area contributed by atoms with E-state index in [9.17, 15) is 4.79 Å². The van der Waals surface area contributed by atoms with Gasteiger partial charge in [-0.1, -0.05) is 34.6 Å². The van der Waals surface area contributed by atoms with Crippen molar-refractivity contribution in [1.29, 1.82) is 0 Å². The molecule has 0 fully saturated rings. The Kier molecular flexibility index (Phi) is 4.45. The van der Waals surface area contributed by atoms with E-state index in [1.807, 2.05) is 47.2 Å². The lowest BCUT2D eigenvalue weighted by atomic mass is 10.3. The summed E-state index contributed by atoms with van der Waals surface area (Å²) in [6.45, 7) is -0.0658. The number of para-hydroxylation sites is 1. The highest BCUT2D eigenvalue weighted by Crippen LogP contribution is 2.29. The predicted octanol–water partition coefficient (Wildman–Crippen LogP) is 3.31. The van der Waals surface area contributed by atoms with E-state index in [-0.39, 0.29) is 12.5 Å². The van der Waals surface area contributed by atoms with Gasteiger partial charge in [0.2, 0.25) is 0 Å². The molecule has 5 nitrogen and oxygen atoms in total. The summed E-state index contributed by atoms with van der Waals surface area (Å²) in [5.41, 5.74) is 1.84. The third kappa shape index (κ3) is 3.32. The molecule has 3 rings (SSSR count). The van der Waals surface area contributed by atoms with E-state index in [1.165, 1.54) is 11.3 Å². The van der Waals surface area contributed by atoms with Crippen LogP contribution in [0.3, 0.4) is 0 Å². The maximum Gasteiger partial charge on any atom is 0.294 e. The Morgan fingerprint density at radius 2 is 2.05 bits per heavy atom. The second-order valence-corrected chi connectivity index (χ2v) is 6.18. The van der Waals surface area contributed by atoms with Crippen LogP contribution in [0.2, 0.25) is 0 Å². The van der Waals surface area contributed by atoms with Gasteiger partial charge in [0.25, 0.3) is 11.1 Å². The average molecular weight is 331 g/mol. The van der Waals surface area contributed by atoms with Crippen molar-refractivity contribution in [1.82, 2.24) is 10.2 Å². The molecule has 7 heteroatoms. The summed E-state index contributed by atoms with van der Waals surface area (Å²) in [5.74, 6) is -0.140. The molecule has 3 aromatic rings. The van der Waals surface area contributed by atoms with Crippen LogP contribution < -0.4 is 9.64 Å². The summed E-state index contributed by atoms with van der Waals surface area (Å²) < 4.78 is 5.45. The SMILES string of the molecule is CN(C(=O)COc1nnc(-c2ccsc2)s1)c1ccccc1. The summed E-state index contributed by atoms with van der Waals surface area (Å²) >= 11 is 2.93. The highest BCUT2D eigenvalue weighted by Gasteiger charge is 2.13. The number of anilines is 1.